The highest BCUT2D eigenvalue weighted by Crippen LogP contribution is 2.23. The molecule has 0 aliphatic heterocycles. The number of anilines is 1. The second kappa shape index (κ2) is 5.09. The van der Waals surface area contributed by atoms with Gasteiger partial charge in [-0.2, -0.15) is 13.2 Å². The van der Waals surface area contributed by atoms with Crippen LogP contribution in [0.3, 0.4) is 0 Å². The molecule has 2 aromatic rings. The minimum atomic E-state index is -4.90. The Morgan fingerprint density at radius 3 is 2.47 bits per heavy atom. The van der Waals surface area contributed by atoms with Crippen LogP contribution in [0.1, 0.15) is 0 Å². The molecule has 0 aliphatic carbocycles. The summed E-state index contributed by atoms with van der Waals surface area (Å²) in [6.45, 7) is 0. The number of carbonyl (C=O) groups excluding carboxylic acids is 1. The number of nitrogens with zero attached hydrogens (tertiary/aromatic N) is 1. The van der Waals surface area contributed by atoms with Crippen LogP contribution in [0.15, 0.2) is 48.8 Å². The molecule has 6 heteroatoms. The first-order chi connectivity index (χ1) is 8.97. The Kier molecular flexibility index (Phi) is 3.50. The molecular formula is C13H9F3N2O. The summed E-state index contributed by atoms with van der Waals surface area (Å²) in [6.07, 6.45) is -1.71. The van der Waals surface area contributed by atoms with Gasteiger partial charge >= 0.3 is 12.1 Å². The molecule has 1 amide bonds. The summed E-state index contributed by atoms with van der Waals surface area (Å²) in [5.74, 6) is -1.99. The number of carbonyl (C=O) groups is 1. The number of rotatable bonds is 2. The Balaban J connectivity index is 2.24. The minimum absolute atomic E-state index is 0.0867. The van der Waals surface area contributed by atoms with Gasteiger partial charge < -0.3 is 5.32 Å². The van der Waals surface area contributed by atoms with Crippen molar-refractivity contribution < 1.29 is 18.0 Å². The van der Waals surface area contributed by atoms with Gasteiger partial charge in [0, 0.05) is 23.6 Å². The van der Waals surface area contributed by atoms with E-state index < -0.39 is 12.1 Å². The minimum Gasteiger partial charge on any atom is -0.318 e. The highest BCUT2D eigenvalue weighted by atomic mass is 19.4. The first kappa shape index (κ1) is 13.1. The van der Waals surface area contributed by atoms with Crippen LogP contribution in [-0.4, -0.2) is 17.1 Å². The van der Waals surface area contributed by atoms with Crippen LogP contribution in [0, 0.1) is 0 Å². The normalized spacial score (nSPS) is 11.1. The Bertz CT molecular complexity index is 582. The fourth-order valence-corrected chi connectivity index (χ4v) is 1.51. The molecule has 0 atom stereocenters. The zero-order valence-electron chi connectivity index (χ0n) is 9.61. The molecule has 0 radical (unpaired) electrons. The summed E-state index contributed by atoms with van der Waals surface area (Å²) in [6, 6.07) is 9.63. The smallest absolute Gasteiger partial charge is 0.318 e. The number of benzene rings is 1. The van der Waals surface area contributed by atoms with E-state index in [0.717, 1.165) is 5.56 Å². The van der Waals surface area contributed by atoms with Crippen molar-refractivity contribution in [3.63, 3.8) is 0 Å². The molecule has 3 nitrogen and oxygen atoms in total. The van der Waals surface area contributed by atoms with Crippen molar-refractivity contribution in [1.29, 1.82) is 0 Å². The molecule has 1 aromatic carbocycles. The first-order valence-corrected chi connectivity index (χ1v) is 5.35. The number of nitrogens with one attached hydrogen (secondary N) is 1. The molecule has 0 bridgehead atoms. The third-order valence-corrected chi connectivity index (χ3v) is 2.37. The molecule has 0 aliphatic rings. The fraction of sp³-hybridized carbons (Fsp3) is 0.0769. The van der Waals surface area contributed by atoms with Gasteiger partial charge in [0.25, 0.3) is 0 Å². The first-order valence-electron chi connectivity index (χ1n) is 5.35. The van der Waals surface area contributed by atoms with Crippen LogP contribution in [0.25, 0.3) is 11.1 Å². The van der Waals surface area contributed by atoms with Gasteiger partial charge in [0.1, 0.15) is 0 Å². The lowest BCUT2D eigenvalue weighted by Crippen LogP contribution is -2.29. The van der Waals surface area contributed by atoms with Gasteiger partial charge in [-0.3, -0.25) is 9.78 Å². The molecule has 19 heavy (non-hydrogen) atoms. The van der Waals surface area contributed by atoms with E-state index >= 15 is 0 Å². The van der Waals surface area contributed by atoms with Crippen LogP contribution >= 0.6 is 0 Å². The van der Waals surface area contributed by atoms with Crippen LogP contribution < -0.4 is 5.32 Å². The van der Waals surface area contributed by atoms with Gasteiger partial charge in [-0.05, 0) is 23.8 Å². The maximum atomic E-state index is 12.1. The predicted octanol–water partition coefficient (Wildman–Crippen LogP) is 3.25. The number of hydrogen-bond donors (Lipinski definition) is 1. The summed E-state index contributed by atoms with van der Waals surface area (Å²) in [5.41, 5.74) is 1.52. The number of amides is 1. The third kappa shape index (κ3) is 3.31. The van der Waals surface area contributed by atoms with Crippen molar-refractivity contribution in [2.24, 2.45) is 0 Å². The molecule has 1 aromatic heterocycles. The van der Waals surface area contributed by atoms with Crippen molar-refractivity contribution in [1.82, 2.24) is 4.98 Å². The molecule has 0 spiro atoms. The maximum absolute atomic E-state index is 12.1. The molecule has 98 valence electrons. The molecule has 0 fully saturated rings. The SMILES string of the molecule is O=C(Nc1cccc(-c2cccnc2)c1)C(F)(F)F. The summed E-state index contributed by atoms with van der Waals surface area (Å²) < 4.78 is 36.4. The zero-order valence-corrected chi connectivity index (χ0v) is 9.61. The number of aromatic nitrogens is 1. The quantitative estimate of drug-likeness (QED) is 0.906. The van der Waals surface area contributed by atoms with Crippen LogP contribution in [-0.2, 0) is 4.79 Å². The van der Waals surface area contributed by atoms with Crippen molar-refractivity contribution in [2.45, 2.75) is 6.18 Å². The van der Waals surface area contributed by atoms with E-state index in [4.69, 9.17) is 0 Å². The molecule has 0 saturated carbocycles. The molecule has 1 heterocycles. The largest absolute Gasteiger partial charge is 0.471 e. The second-order valence-electron chi connectivity index (χ2n) is 3.77. The van der Waals surface area contributed by atoms with Gasteiger partial charge in [-0.1, -0.05) is 18.2 Å². The molecule has 0 saturated heterocycles. The van der Waals surface area contributed by atoms with E-state index in [9.17, 15) is 18.0 Å². The molecule has 0 unspecified atom stereocenters. The van der Waals surface area contributed by atoms with Crippen molar-refractivity contribution >= 4 is 11.6 Å². The van der Waals surface area contributed by atoms with E-state index in [-0.39, 0.29) is 5.69 Å². The summed E-state index contributed by atoms with van der Waals surface area (Å²) >= 11 is 0. The number of hydrogen-bond acceptors (Lipinski definition) is 2. The van der Waals surface area contributed by atoms with E-state index in [0.29, 0.717) is 5.56 Å². The van der Waals surface area contributed by atoms with Gasteiger partial charge in [0.05, 0.1) is 0 Å². The van der Waals surface area contributed by atoms with Crippen molar-refractivity contribution in [2.75, 3.05) is 5.32 Å². The Morgan fingerprint density at radius 1 is 1.11 bits per heavy atom. The summed E-state index contributed by atoms with van der Waals surface area (Å²) in [4.78, 5) is 14.8. The van der Waals surface area contributed by atoms with Crippen LogP contribution in [0.2, 0.25) is 0 Å². The van der Waals surface area contributed by atoms with Gasteiger partial charge in [-0.25, -0.2) is 0 Å². The monoisotopic (exact) mass is 266 g/mol. The molecule has 1 N–H and O–H groups in total. The standard InChI is InChI=1S/C13H9F3N2O/c14-13(15,16)12(19)18-11-5-1-3-9(7-11)10-4-2-6-17-8-10/h1-8H,(H,18,19). The Hall–Kier alpha value is -2.37. The highest BCUT2D eigenvalue weighted by Gasteiger charge is 2.38. The van der Waals surface area contributed by atoms with Crippen LogP contribution in [0.5, 0.6) is 0 Å². The Morgan fingerprint density at radius 2 is 1.84 bits per heavy atom. The topological polar surface area (TPSA) is 42.0 Å². The fourth-order valence-electron chi connectivity index (χ4n) is 1.51. The molecule has 2 rings (SSSR count). The van der Waals surface area contributed by atoms with Crippen LogP contribution in [0.4, 0.5) is 18.9 Å². The average Bonchev–Trinajstić information content (AvgIpc) is 2.39. The Labute approximate surface area is 107 Å². The molecular weight excluding hydrogens is 257 g/mol. The van der Waals surface area contributed by atoms with Crippen molar-refractivity contribution in [3.05, 3.63) is 48.8 Å². The lowest BCUT2D eigenvalue weighted by Gasteiger charge is -2.09. The number of alkyl halides is 3. The highest BCUT2D eigenvalue weighted by molar-refractivity contribution is 5.95. The van der Waals surface area contributed by atoms with E-state index in [1.54, 1.807) is 36.7 Å². The van der Waals surface area contributed by atoms with E-state index in [1.807, 2.05) is 5.32 Å². The van der Waals surface area contributed by atoms with E-state index in [1.165, 1.54) is 12.1 Å². The lowest BCUT2D eigenvalue weighted by molar-refractivity contribution is -0.167. The van der Waals surface area contributed by atoms with Crippen molar-refractivity contribution in [3.8, 4) is 11.1 Å². The van der Waals surface area contributed by atoms with Gasteiger partial charge in [-0.15, -0.1) is 0 Å². The predicted molar refractivity (Wildman–Crippen MR) is 64.4 cm³/mol. The van der Waals surface area contributed by atoms with E-state index in [2.05, 4.69) is 4.98 Å². The number of halogens is 3. The van der Waals surface area contributed by atoms with Gasteiger partial charge in [0.2, 0.25) is 0 Å². The third-order valence-electron chi connectivity index (χ3n) is 2.37. The average molecular weight is 266 g/mol. The second-order valence-corrected chi connectivity index (χ2v) is 3.77. The number of pyridine rings is 1. The summed E-state index contributed by atoms with van der Waals surface area (Å²) in [7, 11) is 0. The maximum Gasteiger partial charge on any atom is 0.471 e. The lowest BCUT2D eigenvalue weighted by atomic mass is 10.1. The summed E-state index contributed by atoms with van der Waals surface area (Å²) in [5, 5.41) is 1.81. The zero-order chi connectivity index (χ0) is 13.9. The van der Waals surface area contributed by atoms with Gasteiger partial charge in [0.15, 0.2) is 0 Å².